The van der Waals surface area contributed by atoms with Crippen LogP contribution in [0, 0.1) is 5.82 Å². The van der Waals surface area contributed by atoms with E-state index in [1.54, 1.807) is 4.90 Å². The highest BCUT2D eigenvalue weighted by Gasteiger charge is 2.24. The zero-order valence-corrected chi connectivity index (χ0v) is 14.2. The molecule has 26 heavy (non-hydrogen) atoms. The lowest BCUT2D eigenvalue weighted by Gasteiger charge is -2.30. The third-order valence-electron chi connectivity index (χ3n) is 4.77. The summed E-state index contributed by atoms with van der Waals surface area (Å²) in [6.07, 6.45) is 2.80. The van der Waals surface area contributed by atoms with Crippen LogP contribution < -0.4 is 10.3 Å². The van der Waals surface area contributed by atoms with E-state index in [9.17, 15) is 14.0 Å². The molecule has 0 aromatic heterocycles. The summed E-state index contributed by atoms with van der Waals surface area (Å²) in [5, 5.41) is 4.14. The normalized spacial score (nSPS) is 16.6. The average molecular weight is 351 g/mol. The van der Waals surface area contributed by atoms with Crippen LogP contribution in [-0.4, -0.2) is 24.1 Å². The third kappa shape index (κ3) is 3.10. The first-order valence-electron chi connectivity index (χ1n) is 8.68. The van der Waals surface area contributed by atoms with Crippen molar-refractivity contribution >= 4 is 23.2 Å². The molecule has 0 aliphatic carbocycles. The Kier molecular flexibility index (Phi) is 4.24. The van der Waals surface area contributed by atoms with Gasteiger partial charge in [0.1, 0.15) is 5.82 Å². The van der Waals surface area contributed by atoms with Crippen LogP contribution in [0.4, 0.5) is 10.1 Å². The van der Waals surface area contributed by atoms with Gasteiger partial charge in [0.15, 0.2) is 0 Å². The van der Waals surface area contributed by atoms with Crippen LogP contribution in [0.1, 0.15) is 40.7 Å². The SMILES string of the molecule is O=C1CCC(c2ccc3c(c2)CCCN3C(=O)c2ccc(F)cc2)=NN1. The summed E-state index contributed by atoms with van der Waals surface area (Å²) in [5.74, 6) is -0.547. The summed E-state index contributed by atoms with van der Waals surface area (Å²) in [4.78, 5) is 25.8. The van der Waals surface area contributed by atoms with Crippen LogP contribution in [-0.2, 0) is 11.2 Å². The van der Waals surface area contributed by atoms with Crippen molar-refractivity contribution in [2.75, 3.05) is 11.4 Å². The van der Waals surface area contributed by atoms with Gasteiger partial charge in [0.05, 0.1) is 5.71 Å². The molecule has 2 heterocycles. The zero-order valence-electron chi connectivity index (χ0n) is 14.2. The predicted molar refractivity (Wildman–Crippen MR) is 96.8 cm³/mol. The summed E-state index contributed by atoms with van der Waals surface area (Å²) in [6, 6.07) is 11.6. The lowest BCUT2D eigenvalue weighted by atomic mass is 9.95. The van der Waals surface area contributed by atoms with Crippen molar-refractivity contribution in [2.24, 2.45) is 5.10 Å². The van der Waals surface area contributed by atoms with Gasteiger partial charge in [0.25, 0.3) is 5.91 Å². The van der Waals surface area contributed by atoms with Crippen molar-refractivity contribution in [2.45, 2.75) is 25.7 Å². The highest BCUT2D eigenvalue weighted by Crippen LogP contribution is 2.30. The van der Waals surface area contributed by atoms with E-state index >= 15 is 0 Å². The first-order valence-corrected chi connectivity index (χ1v) is 8.68. The highest BCUT2D eigenvalue weighted by atomic mass is 19.1. The van der Waals surface area contributed by atoms with Gasteiger partial charge in [-0.15, -0.1) is 0 Å². The lowest BCUT2D eigenvalue weighted by molar-refractivity contribution is -0.121. The Morgan fingerprint density at radius 2 is 1.88 bits per heavy atom. The Hall–Kier alpha value is -3.02. The summed E-state index contributed by atoms with van der Waals surface area (Å²) in [6.45, 7) is 0.638. The van der Waals surface area contributed by atoms with Gasteiger partial charge in [-0.3, -0.25) is 9.59 Å². The number of nitrogens with zero attached hydrogens (tertiary/aromatic N) is 2. The average Bonchev–Trinajstić information content (AvgIpc) is 2.68. The predicted octanol–water partition coefficient (Wildman–Crippen LogP) is 3.03. The van der Waals surface area contributed by atoms with Gasteiger partial charge in [-0.25, -0.2) is 9.82 Å². The van der Waals surface area contributed by atoms with Crippen molar-refractivity contribution < 1.29 is 14.0 Å². The lowest BCUT2D eigenvalue weighted by Crippen LogP contribution is -2.35. The zero-order chi connectivity index (χ0) is 18.1. The second kappa shape index (κ2) is 6.71. The van der Waals surface area contributed by atoms with Crippen molar-refractivity contribution in [1.29, 1.82) is 0 Å². The summed E-state index contributed by atoms with van der Waals surface area (Å²) >= 11 is 0. The second-order valence-corrected chi connectivity index (χ2v) is 6.50. The minimum Gasteiger partial charge on any atom is -0.308 e. The molecule has 1 N–H and O–H groups in total. The van der Waals surface area contributed by atoms with Crippen LogP contribution in [0.25, 0.3) is 0 Å². The molecule has 4 rings (SSSR count). The molecule has 0 unspecified atom stereocenters. The van der Waals surface area contributed by atoms with E-state index in [0.29, 0.717) is 24.9 Å². The molecule has 2 aromatic carbocycles. The van der Waals surface area contributed by atoms with Crippen LogP contribution in [0.5, 0.6) is 0 Å². The van der Waals surface area contributed by atoms with Crippen molar-refractivity contribution in [3.63, 3.8) is 0 Å². The van der Waals surface area contributed by atoms with Gasteiger partial charge in [0, 0.05) is 30.6 Å². The molecule has 0 atom stereocenters. The van der Waals surface area contributed by atoms with Gasteiger partial charge < -0.3 is 4.90 Å². The van der Waals surface area contributed by atoms with Crippen LogP contribution in [0.3, 0.4) is 0 Å². The summed E-state index contributed by atoms with van der Waals surface area (Å²) in [5.41, 5.74) is 6.79. The van der Waals surface area contributed by atoms with Crippen molar-refractivity contribution in [3.05, 3.63) is 65.0 Å². The Balaban J connectivity index is 1.63. The summed E-state index contributed by atoms with van der Waals surface area (Å²) in [7, 11) is 0. The largest absolute Gasteiger partial charge is 0.308 e. The van der Waals surface area contributed by atoms with Crippen molar-refractivity contribution in [1.82, 2.24) is 5.43 Å². The number of rotatable bonds is 2. The van der Waals surface area contributed by atoms with Gasteiger partial charge in [-0.05, 0) is 60.4 Å². The number of hydrazone groups is 1. The Morgan fingerprint density at radius 3 is 2.62 bits per heavy atom. The first kappa shape index (κ1) is 16.4. The number of fused-ring (bicyclic) bond motifs is 1. The van der Waals surface area contributed by atoms with Crippen LogP contribution >= 0.6 is 0 Å². The molecule has 0 spiro atoms. The van der Waals surface area contributed by atoms with E-state index in [-0.39, 0.29) is 17.6 Å². The number of anilines is 1. The Bertz CT molecular complexity index is 906. The fourth-order valence-electron chi connectivity index (χ4n) is 3.42. The maximum atomic E-state index is 13.1. The fourth-order valence-corrected chi connectivity index (χ4v) is 3.42. The second-order valence-electron chi connectivity index (χ2n) is 6.50. The minimum atomic E-state index is -0.356. The molecule has 2 aromatic rings. The third-order valence-corrected chi connectivity index (χ3v) is 4.77. The number of hydrogen-bond acceptors (Lipinski definition) is 3. The Labute approximate surface area is 150 Å². The van der Waals surface area contributed by atoms with Crippen molar-refractivity contribution in [3.8, 4) is 0 Å². The molecule has 2 amide bonds. The van der Waals surface area contributed by atoms with Gasteiger partial charge in [-0.1, -0.05) is 6.07 Å². The Morgan fingerprint density at radius 1 is 1.08 bits per heavy atom. The molecule has 2 aliphatic heterocycles. The van der Waals surface area contributed by atoms with Crippen LogP contribution in [0.2, 0.25) is 0 Å². The number of carbonyl (C=O) groups is 2. The quantitative estimate of drug-likeness (QED) is 0.904. The standard InChI is InChI=1S/C20H18FN3O2/c21-16-6-3-13(4-7-16)20(26)24-11-1-2-15-12-14(5-9-18(15)24)17-8-10-19(25)23-22-17/h3-7,9,12H,1-2,8,10-11H2,(H,23,25). The minimum absolute atomic E-state index is 0.0669. The number of hydrogen-bond donors (Lipinski definition) is 1. The van der Waals surface area contributed by atoms with E-state index in [1.165, 1.54) is 24.3 Å². The molecular weight excluding hydrogens is 333 g/mol. The smallest absolute Gasteiger partial charge is 0.258 e. The van der Waals surface area contributed by atoms with E-state index in [4.69, 9.17) is 0 Å². The molecule has 5 nitrogen and oxygen atoms in total. The number of halogens is 1. The molecular formula is C20H18FN3O2. The molecule has 132 valence electrons. The van der Waals surface area contributed by atoms with Crippen LogP contribution in [0.15, 0.2) is 47.6 Å². The number of nitrogens with one attached hydrogen (secondary N) is 1. The molecule has 2 aliphatic rings. The number of carbonyl (C=O) groups excluding carboxylic acids is 2. The van der Waals surface area contributed by atoms with E-state index < -0.39 is 0 Å². The molecule has 0 saturated heterocycles. The van der Waals surface area contributed by atoms with Gasteiger partial charge in [-0.2, -0.15) is 5.10 Å². The molecule has 0 radical (unpaired) electrons. The molecule has 6 heteroatoms. The fraction of sp³-hybridized carbons (Fsp3) is 0.250. The van der Waals surface area contributed by atoms with Gasteiger partial charge in [0.2, 0.25) is 5.91 Å². The number of amides is 2. The number of benzene rings is 2. The molecule has 0 bridgehead atoms. The van der Waals surface area contributed by atoms with Gasteiger partial charge >= 0.3 is 0 Å². The molecule has 0 fully saturated rings. The van der Waals surface area contributed by atoms with E-state index in [0.717, 1.165) is 35.4 Å². The van der Waals surface area contributed by atoms with E-state index in [2.05, 4.69) is 16.6 Å². The maximum Gasteiger partial charge on any atom is 0.258 e. The topological polar surface area (TPSA) is 61.8 Å². The number of aryl methyl sites for hydroxylation is 1. The highest BCUT2D eigenvalue weighted by molar-refractivity contribution is 6.08. The first-order chi connectivity index (χ1) is 12.6. The molecule has 0 saturated carbocycles. The summed E-state index contributed by atoms with van der Waals surface area (Å²) < 4.78 is 13.1. The monoisotopic (exact) mass is 351 g/mol. The van der Waals surface area contributed by atoms with E-state index in [1.807, 2.05) is 12.1 Å². The maximum absolute atomic E-state index is 13.1.